The SMILES string of the molecule is C=C[C@]1(C)CC2=C(C(=O)[C@H]1OC(C)=O)[C@@]1(C)CCCC(C)(C)[C@@H]1CC2=O. The van der Waals surface area contributed by atoms with Crippen molar-refractivity contribution in [2.75, 3.05) is 0 Å². The molecule has 1 fully saturated rings. The van der Waals surface area contributed by atoms with Crippen LogP contribution in [0.3, 0.4) is 0 Å². The van der Waals surface area contributed by atoms with Crippen LogP contribution < -0.4 is 0 Å². The van der Waals surface area contributed by atoms with Crippen LogP contribution in [-0.4, -0.2) is 23.6 Å². The summed E-state index contributed by atoms with van der Waals surface area (Å²) in [5, 5.41) is 0. The molecule has 0 N–H and O–H groups in total. The Hall–Kier alpha value is -1.71. The fourth-order valence-electron chi connectivity index (χ4n) is 5.77. The normalized spacial score (nSPS) is 39.1. The number of fused-ring (bicyclic) bond motifs is 2. The second-order valence-electron chi connectivity index (χ2n) is 9.53. The maximum Gasteiger partial charge on any atom is 0.303 e. The standard InChI is InChI=1S/C22H30O4/c1-7-21(5)12-14-15(24)11-16-20(3,4)9-8-10-22(16,6)17(14)18(25)19(21)26-13(2)23/h7,16,19H,1,8-12H2,2-6H3/t16-,19+,21+,22-/m0/s1. The number of carbonyl (C=O) groups is 3. The Morgan fingerprint density at radius 3 is 2.42 bits per heavy atom. The van der Waals surface area contributed by atoms with Crippen LogP contribution in [0.15, 0.2) is 23.8 Å². The first-order chi connectivity index (χ1) is 12.0. The molecule has 0 unspecified atom stereocenters. The van der Waals surface area contributed by atoms with Gasteiger partial charge in [-0.15, -0.1) is 6.58 Å². The Kier molecular flexibility index (Phi) is 4.33. The summed E-state index contributed by atoms with van der Waals surface area (Å²) >= 11 is 0. The number of hydrogen-bond acceptors (Lipinski definition) is 4. The molecule has 3 aliphatic carbocycles. The molecule has 0 radical (unpaired) electrons. The summed E-state index contributed by atoms with van der Waals surface area (Å²) in [6.45, 7) is 13.6. The van der Waals surface area contributed by atoms with Gasteiger partial charge < -0.3 is 4.74 Å². The molecule has 3 aliphatic rings. The van der Waals surface area contributed by atoms with Gasteiger partial charge in [0, 0.05) is 35.3 Å². The van der Waals surface area contributed by atoms with Crippen LogP contribution in [0.1, 0.15) is 66.7 Å². The van der Waals surface area contributed by atoms with Gasteiger partial charge in [-0.05, 0) is 30.6 Å². The van der Waals surface area contributed by atoms with Gasteiger partial charge in [-0.1, -0.05) is 40.2 Å². The summed E-state index contributed by atoms with van der Waals surface area (Å²) < 4.78 is 5.47. The van der Waals surface area contributed by atoms with E-state index in [1.165, 1.54) is 6.92 Å². The summed E-state index contributed by atoms with van der Waals surface area (Å²) in [5.74, 6) is -0.444. The molecule has 4 nitrogen and oxygen atoms in total. The van der Waals surface area contributed by atoms with E-state index in [1.54, 1.807) is 6.08 Å². The van der Waals surface area contributed by atoms with Crippen LogP contribution in [-0.2, 0) is 19.1 Å². The van der Waals surface area contributed by atoms with Gasteiger partial charge in [0.1, 0.15) is 0 Å². The zero-order valence-electron chi connectivity index (χ0n) is 16.6. The van der Waals surface area contributed by atoms with Crippen LogP contribution in [0.4, 0.5) is 0 Å². The molecule has 0 heterocycles. The quantitative estimate of drug-likeness (QED) is 0.549. The second kappa shape index (κ2) is 5.90. The number of ketones is 2. The predicted molar refractivity (Wildman–Crippen MR) is 99.4 cm³/mol. The number of allylic oxidation sites excluding steroid dienone is 1. The van der Waals surface area contributed by atoms with Crippen molar-refractivity contribution in [1.29, 1.82) is 0 Å². The Morgan fingerprint density at radius 1 is 1.19 bits per heavy atom. The lowest BCUT2D eigenvalue weighted by Gasteiger charge is -2.56. The van der Waals surface area contributed by atoms with Crippen molar-refractivity contribution >= 4 is 17.5 Å². The van der Waals surface area contributed by atoms with E-state index < -0.39 is 17.5 Å². The Morgan fingerprint density at radius 2 is 1.85 bits per heavy atom. The smallest absolute Gasteiger partial charge is 0.303 e. The van der Waals surface area contributed by atoms with E-state index in [1.807, 2.05) is 6.92 Å². The highest BCUT2D eigenvalue weighted by atomic mass is 16.5. The molecule has 0 aromatic rings. The fourth-order valence-corrected chi connectivity index (χ4v) is 5.77. The average molecular weight is 358 g/mol. The lowest BCUT2D eigenvalue weighted by atomic mass is 9.47. The molecule has 4 atom stereocenters. The van der Waals surface area contributed by atoms with Crippen molar-refractivity contribution in [2.45, 2.75) is 72.8 Å². The zero-order valence-corrected chi connectivity index (χ0v) is 16.6. The molecule has 0 aromatic heterocycles. The first-order valence-electron chi connectivity index (χ1n) is 9.58. The van der Waals surface area contributed by atoms with Crippen LogP contribution in [0.2, 0.25) is 0 Å². The van der Waals surface area contributed by atoms with E-state index in [2.05, 4.69) is 27.4 Å². The Bertz CT molecular complexity index is 728. The van der Waals surface area contributed by atoms with Crippen LogP contribution >= 0.6 is 0 Å². The third-order valence-electron chi connectivity index (χ3n) is 7.22. The van der Waals surface area contributed by atoms with E-state index in [0.29, 0.717) is 24.0 Å². The Labute approximate surface area is 156 Å². The van der Waals surface area contributed by atoms with E-state index in [-0.39, 0.29) is 28.3 Å². The average Bonchev–Trinajstić information content (AvgIpc) is 2.53. The largest absolute Gasteiger partial charge is 0.453 e. The molecule has 3 rings (SSSR count). The third kappa shape index (κ3) is 2.60. The van der Waals surface area contributed by atoms with Gasteiger partial charge in [-0.25, -0.2) is 0 Å². The number of carbonyl (C=O) groups excluding carboxylic acids is 3. The predicted octanol–water partition coefficient (Wildman–Crippen LogP) is 4.19. The molecule has 0 aromatic carbocycles. The topological polar surface area (TPSA) is 60.4 Å². The molecular formula is C22H30O4. The lowest BCUT2D eigenvalue weighted by Crippen LogP contribution is -2.55. The van der Waals surface area contributed by atoms with Gasteiger partial charge in [-0.2, -0.15) is 0 Å². The molecule has 0 aliphatic heterocycles. The maximum absolute atomic E-state index is 13.6. The molecule has 0 amide bonds. The molecule has 0 spiro atoms. The monoisotopic (exact) mass is 358 g/mol. The van der Waals surface area contributed by atoms with Crippen molar-refractivity contribution in [1.82, 2.24) is 0 Å². The van der Waals surface area contributed by atoms with Gasteiger partial charge in [0.25, 0.3) is 0 Å². The summed E-state index contributed by atoms with van der Waals surface area (Å²) in [4.78, 5) is 38.3. The minimum Gasteiger partial charge on any atom is -0.453 e. The number of Topliss-reactive ketones (excluding diaryl/α,β-unsaturated/α-hetero) is 2. The molecule has 1 saturated carbocycles. The molecule has 0 bridgehead atoms. The summed E-state index contributed by atoms with van der Waals surface area (Å²) in [7, 11) is 0. The number of hydrogen-bond donors (Lipinski definition) is 0. The fraction of sp³-hybridized carbons (Fsp3) is 0.682. The van der Waals surface area contributed by atoms with E-state index >= 15 is 0 Å². The van der Waals surface area contributed by atoms with Gasteiger partial charge in [-0.3, -0.25) is 14.4 Å². The molecule has 4 heteroatoms. The molecule has 0 saturated heterocycles. The molecule has 26 heavy (non-hydrogen) atoms. The molecule has 142 valence electrons. The number of rotatable bonds is 2. The van der Waals surface area contributed by atoms with Crippen molar-refractivity contribution in [3.8, 4) is 0 Å². The lowest BCUT2D eigenvalue weighted by molar-refractivity contribution is -0.160. The highest BCUT2D eigenvalue weighted by molar-refractivity contribution is 6.12. The van der Waals surface area contributed by atoms with Gasteiger partial charge in [0.05, 0.1) is 0 Å². The Balaban J connectivity index is 2.18. The highest BCUT2D eigenvalue weighted by Crippen LogP contribution is 2.61. The summed E-state index contributed by atoms with van der Waals surface area (Å²) in [6, 6.07) is 0. The van der Waals surface area contributed by atoms with Crippen molar-refractivity contribution in [2.24, 2.45) is 22.2 Å². The van der Waals surface area contributed by atoms with E-state index in [4.69, 9.17) is 4.74 Å². The first kappa shape index (κ1) is 19.1. The first-order valence-corrected chi connectivity index (χ1v) is 9.58. The van der Waals surface area contributed by atoms with Gasteiger partial charge in [0.15, 0.2) is 11.9 Å². The van der Waals surface area contributed by atoms with Crippen LogP contribution in [0.5, 0.6) is 0 Å². The number of ether oxygens (including phenoxy) is 1. The van der Waals surface area contributed by atoms with Crippen molar-refractivity contribution in [3.05, 3.63) is 23.8 Å². The van der Waals surface area contributed by atoms with Gasteiger partial charge in [0.2, 0.25) is 5.78 Å². The van der Waals surface area contributed by atoms with Crippen molar-refractivity contribution < 1.29 is 19.1 Å². The summed E-state index contributed by atoms with van der Waals surface area (Å²) in [6.07, 6.45) is 4.68. The van der Waals surface area contributed by atoms with Crippen molar-refractivity contribution in [3.63, 3.8) is 0 Å². The minimum absolute atomic E-state index is 0.0115. The van der Waals surface area contributed by atoms with E-state index in [0.717, 1.165) is 19.3 Å². The minimum atomic E-state index is -0.898. The van der Waals surface area contributed by atoms with E-state index in [9.17, 15) is 14.4 Å². The summed E-state index contributed by atoms with van der Waals surface area (Å²) in [5.41, 5.74) is 0.222. The highest BCUT2D eigenvalue weighted by Gasteiger charge is 2.59. The zero-order chi connectivity index (χ0) is 19.5. The van der Waals surface area contributed by atoms with Crippen LogP contribution in [0.25, 0.3) is 0 Å². The van der Waals surface area contributed by atoms with Crippen LogP contribution in [0, 0.1) is 22.2 Å². The number of esters is 1. The maximum atomic E-state index is 13.6. The second-order valence-corrected chi connectivity index (χ2v) is 9.53. The molecular weight excluding hydrogens is 328 g/mol. The third-order valence-corrected chi connectivity index (χ3v) is 7.22. The van der Waals surface area contributed by atoms with Gasteiger partial charge >= 0.3 is 5.97 Å².